The van der Waals surface area contributed by atoms with Crippen LogP contribution in [0.4, 0.5) is 30.5 Å². The van der Waals surface area contributed by atoms with Gasteiger partial charge in [-0.1, -0.05) is 17.7 Å². The Hall–Kier alpha value is -3.95. The molecular formula is C16H10ClF3N8O3S. The molecule has 0 spiro atoms. The number of rotatable bonds is 3. The predicted octanol–water partition coefficient (Wildman–Crippen LogP) is 1.94. The minimum Gasteiger partial charge on any atom is -0.397 e. The van der Waals surface area contributed by atoms with E-state index in [0.717, 1.165) is 12.1 Å². The average Bonchev–Trinajstić information content (AvgIpc) is 2.68. The van der Waals surface area contributed by atoms with E-state index >= 15 is 0 Å². The summed E-state index contributed by atoms with van der Waals surface area (Å²) in [5.41, 5.74) is 6.30. The normalized spacial score (nSPS) is 15.4. The van der Waals surface area contributed by atoms with Crippen LogP contribution in [-0.4, -0.2) is 24.9 Å². The van der Waals surface area contributed by atoms with Gasteiger partial charge in [-0.25, -0.2) is 9.98 Å². The summed E-state index contributed by atoms with van der Waals surface area (Å²) in [5, 5.41) is 22.6. The van der Waals surface area contributed by atoms with Crippen LogP contribution >= 0.6 is 11.6 Å². The maximum atomic E-state index is 12.6. The van der Waals surface area contributed by atoms with Crippen molar-refractivity contribution in [3.8, 4) is 18.0 Å². The largest absolute Gasteiger partial charge is 0.534 e. The van der Waals surface area contributed by atoms with Gasteiger partial charge in [-0.2, -0.15) is 32.1 Å². The number of nitriles is 2. The first-order chi connectivity index (χ1) is 14.9. The van der Waals surface area contributed by atoms with Crippen molar-refractivity contribution in [1.29, 1.82) is 10.5 Å². The van der Waals surface area contributed by atoms with E-state index in [1.54, 1.807) is 12.3 Å². The lowest BCUT2D eigenvalue weighted by Gasteiger charge is -2.26. The van der Waals surface area contributed by atoms with Crippen LogP contribution in [0.1, 0.15) is 22.7 Å². The zero-order valence-electron chi connectivity index (χ0n) is 15.4. The SMILES string of the molecule is N#CNC1=NC(c2ccc(OS(=O)(=O)C(F)(F)F)c(Cl)c2)c2c(nc(N)c(C#N)c2N)N1. The molecule has 6 N–H and O–H groups in total. The molecule has 166 valence electrons. The number of nitrogen functional groups attached to an aromatic ring is 2. The number of nitrogens with zero attached hydrogens (tertiary/aromatic N) is 4. The fourth-order valence-electron chi connectivity index (χ4n) is 2.74. The van der Waals surface area contributed by atoms with Gasteiger partial charge in [-0.3, -0.25) is 5.32 Å². The molecule has 0 aliphatic carbocycles. The molecule has 3 rings (SSSR count). The van der Waals surface area contributed by atoms with Gasteiger partial charge >= 0.3 is 15.6 Å². The molecule has 1 aromatic carbocycles. The standard InChI is InChI=1S/C16H10ClF3N8O3S/c17-8-3-6(1-2-9(8)31-32(29,30)16(18,19)20)12-10-11(23)7(4-21)13(24)27-14(10)28-15(26-12)25-5-22/h1-3,12H,(H6,23,24,25,26,27,28). The Labute approximate surface area is 183 Å². The van der Waals surface area contributed by atoms with Crippen molar-refractivity contribution in [3.63, 3.8) is 0 Å². The van der Waals surface area contributed by atoms with Crippen molar-refractivity contribution in [2.24, 2.45) is 4.99 Å². The van der Waals surface area contributed by atoms with E-state index in [0.29, 0.717) is 0 Å². The molecule has 32 heavy (non-hydrogen) atoms. The molecule has 0 fully saturated rings. The minimum absolute atomic E-state index is 0.0628. The zero-order valence-corrected chi connectivity index (χ0v) is 17.0. The summed E-state index contributed by atoms with van der Waals surface area (Å²) in [4.78, 5) is 8.28. The van der Waals surface area contributed by atoms with Gasteiger partial charge < -0.3 is 21.0 Å². The van der Waals surface area contributed by atoms with E-state index in [1.807, 2.05) is 0 Å². The third kappa shape index (κ3) is 3.98. The Morgan fingerprint density at radius 3 is 2.53 bits per heavy atom. The number of aliphatic imine (C=N–C) groups is 1. The monoisotopic (exact) mass is 486 g/mol. The van der Waals surface area contributed by atoms with E-state index < -0.39 is 32.4 Å². The highest BCUT2D eigenvalue weighted by molar-refractivity contribution is 7.88. The first-order valence-corrected chi connectivity index (χ1v) is 9.97. The first-order valence-electron chi connectivity index (χ1n) is 8.18. The number of fused-ring (bicyclic) bond motifs is 1. The molecule has 0 saturated carbocycles. The van der Waals surface area contributed by atoms with Crippen molar-refractivity contribution in [2.45, 2.75) is 11.6 Å². The van der Waals surface area contributed by atoms with Crippen LogP contribution in [0.3, 0.4) is 0 Å². The Morgan fingerprint density at radius 2 is 1.97 bits per heavy atom. The molecule has 16 heteroatoms. The number of anilines is 3. The lowest BCUT2D eigenvalue weighted by molar-refractivity contribution is -0.0500. The second-order valence-corrected chi connectivity index (χ2v) is 8.02. The second kappa shape index (κ2) is 7.95. The van der Waals surface area contributed by atoms with Crippen LogP contribution < -0.4 is 26.3 Å². The van der Waals surface area contributed by atoms with Gasteiger partial charge in [0.1, 0.15) is 29.3 Å². The summed E-state index contributed by atoms with van der Waals surface area (Å²) in [6.07, 6.45) is 1.65. The zero-order chi connectivity index (χ0) is 23.8. The summed E-state index contributed by atoms with van der Waals surface area (Å²) < 4.78 is 64.3. The second-order valence-electron chi connectivity index (χ2n) is 6.07. The van der Waals surface area contributed by atoms with Crippen molar-refractivity contribution in [1.82, 2.24) is 10.3 Å². The molecule has 2 aromatic rings. The van der Waals surface area contributed by atoms with Gasteiger partial charge in [0.15, 0.2) is 11.9 Å². The summed E-state index contributed by atoms with van der Waals surface area (Å²) >= 11 is 5.94. The molecule has 1 atom stereocenters. The van der Waals surface area contributed by atoms with Gasteiger partial charge in [-0.15, -0.1) is 0 Å². The van der Waals surface area contributed by atoms with E-state index in [-0.39, 0.29) is 40.0 Å². The number of nitrogens with two attached hydrogens (primary N) is 2. The van der Waals surface area contributed by atoms with E-state index in [2.05, 4.69) is 24.8 Å². The van der Waals surface area contributed by atoms with E-state index in [9.17, 15) is 26.9 Å². The number of guanidine groups is 1. The lowest BCUT2D eigenvalue weighted by Crippen LogP contribution is -2.32. The third-order valence-corrected chi connectivity index (χ3v) is 5.37. The number of alkyl halides is 3. The fourth-order valence-corrected chi connectivity index (χ4v) is 3.49. The molecular weight excluding hydrogens is 477 g/mol. The predicted molar refractivity (Wildman–Crippen MR) is 106 cm³/mol. The first kappa shape index (κ1) is 22.7. The molecule has 0 amide bonds. The lowest BCUT2D eigenvalue weighted by atomic mass is 9.95. The molecule has 1 unspecified atom stereocenters. The Kier molecular flexibility index (Phi) is 5.65. The number of halogens is 4. The highest BCUT2D eigenvalue weighted by Gasteiger charge is 2.48. The number of nitrogens with one attached hydrogen (secondary N) is 2. The summed E-state index contributed by atoms with van der Waals surface area (Å²) in [6, 6.07) is 3.93. The number of hydrogen-bond acceptors (Lipinski definition) is 11. The molecule has 1 aliphatic rings. The van der Waals surface area contributed by atoms with Crippen LogP contribution in [0.5, 0.6) is 5.75 Å². The molecule has 0 saturated heterocycles. The van der Waals surface area contributed by atoms with Crippen LogP contribution in [-0.2, 0) is 10.1 Å². The quantitative estimate of drug-likeness (QED) is 0.215. The van der Waals surface area contributed by atoms with Crippen molar-refractivity contribution in [3.05, 3.63) is 39.9 Å². The molecule has 2 heterocycles. The average molecular weight is 487 g/mol. The molecule has 11 nitrogen and oxygen atoms in total. The topological polar surface area (TPSA) is 192 Å². The van der Waals surface area contributed by atoms with Gasteiger partial charge in [0.05, 0.1) is 10.7 Å². The van der Waals surface area contributed by atoms with E-state index in [1.165, 1.54) is 6.07 Å². The van der Waals surface area contributed by atoms with E-state index in [4.69, 9.17) is 28.3 Å². The number of pyridine rings is 1. The van der Waals surface area contributed by atoms with Gasteiger partial charge in [0, 0.05) is 5.56 Å². The summed E-state index contributed by atoms with van der Waals surface area (Å²) in [5.74, 6) is -0.973. The maximum Gasteiger partial charge on any atom is 0.534 e. The molecule has 1 aliphatic heterocycles. The van der Waals surface area contributed by atoms with Crippen molar-refractivity contribution < 1.29 is 25.8 Å². The van der Waals surface area contributed by atoms with Gasteiger partial charge in [0.2, 0.25) is 5.96 Å². The smallest absolute Gasteiger partial charge is 0.397 e. The highest BCUT2D eigenvalue weighted by Crippen LogP contribution is 2.42. The van der Waals surface area contributed by atoms with Crippen molar-refractivity contribution >= 4 is 45.0 Å². The Bertz CT molecular complexity index is 1330. The fraction of sp³-hybridized carbons (Fsp3) is 0.125. The van der Waals surface area contributed by atoms with Crippen LogP contribution in [0, 0.1) is 22.8 Å². The van der Waals surface area contributed by atoms with Gasteiger partial charge in [-0.05, 0) is 17.7 Å². The highest BCUT2D eigenvalue weighted by atomic mass is 35.5. The van der Waals surface area contributed by atoms with Crippen LogP contribution in [0.25, 0.3) is 0 Å². The van der Waals surface area contributed by atoms with Gasteiger partial charge in [0.25, 0.3) is 0 Å². The molecule has 0 radical (unpaired) electrons. The maximum absolute atomic E-state index is 12.6. The third-order valence-electron chi connectivity index (χ3n) is 4.11. The Balaban J connectivity index is 2.12. The molecule has 0 bridgehead atoms. The molecule has 1 aromatic heterocycles. The van der Waals surface area contributed by atoms with Crippen LogP contribution in [0.15, 0.2) is 23.2 Å². The number of benzene rings is 1. The number of hydrogen-bond donors (Lipinski definition) is 4. The van der Waals surface area contributed by atoms with Crippen LogP contribution in [0.2, 0.25) is 5.02 Å². The Morgan fingerprint density at radius 1 is 1.28 bits per heavy atom. The summed E-state index contributed by atoms with van der Waals surface area (Å²) in [6.45, 7) is 0. The minimum atomic E-state index is -5.94. The van der Waals surface area contributed by atoms with Crippen molar-refractivity contribution in [2.75, 3.05) is 16.8 Å². The summed E-state index contributed by atoms with van der Waals surface area (Å²) in [7, 11) is -5.94. The number of aromatic nitrogens is 1.